The Morgan fingerprint density at radius 2 is 2.00 bits per heavy atom. The summed E-state index contributed by atoms with van der Waals surface area (Å²) in [5.74, 6) is 0. The van der Waals surface area contributed by atoms with Crippen molar-refractivity contribution < 1.29 is 14.3 Å². The molecule has 0 saturated carbocycles. The van der Waals surface area contributed by atoms with Crippen LogP contribution in [0.1, 0.15) is 17.2 Å². The van der Waals surface area contributed by atoms with Crippen molar-refractivity contribution in [3.8, 4) is 0 Å². The molecule has 1 aliphatic heterocycles. The molecule has 0 spiro atoms. The number of benzene rings is 2. The number of cyclic esters (lactones) is 1. The molecule has 2 aromatic rings. The zero-order valence-corrected chi connectivity index (χ0v) is 10.5. The van der Waals surface area contributed by atoms with Crippen molar-refractivity contribution in [2.45, 2.75) is 6.10 Å². The van der Waals surface area contributed by atoms with Crippen LogP contribution in [0.5, 0.6) is 0 Å². The van der Waals surface area contributed by atoms with Gasteiger partial charge in [0.1, 0.15) is 0 Å². The van der Waals surface area contributed by atoms with E-state index in [4.69, 9.17) is 4.74 Å². The molecule has 0 aliphatic carbocycles. The minimum absolute atomic E-state index is 0.478. The minimum atomic E-state index is -0.484. The summed E-state index contributed by atoms with van der Waals surface area (Å²) < 4.78 is 5.37. The third-order valence-corrected chi connectivity index (χ3v) is 3.12. The summed E-state index contributed by atoms with van der Waals surface area (Å²) in [5.41, 5.74) is 3.08. The van der Waals surface area contributed by atoms with E-state index < -0.39 is 12.2 Å². The van der Waals surface area contributed by atoms with E-state index in [2.05, 4.69) is 10.6 Å². The van der Waals surface area contributed by atoms with Gasteiger partial charge in [0.25, 0.3) is 0 Å². The Labute approximate surface area is 115 Å². The van der Waals surface area contributed by atoms with E-state index in [1.165, 1.54) is 0 Å². The lowest BCUT2D eigenvalue weighted by Crippen LogP contribution is -2.25. The molecule has 20 heavy (non-hydrogen) atoms. The number of rotatable bonds is 3. The van der Waals surface area contributed by atoms with Crippen LogP contribution in [0, 0.1) is 0 Å². The first-order chi connectivity index (χ1) is 9.78. The number of hydrogen-bond acceptors (Lipinski definition) is 3. The second kappa shape index (κ2) is 5.05. The Morgan fingerprint density at radius 3 is 2.85 bits per heavy atom. The van der Waals surface area contributed by atoms with Crippen molar-refractivity contribution >= 4 is 23.9 Å². The lowest BCUT2D eigenvalue weighted by molar-refractivity contribution is -0.105. The van der Waals surface area contributed by atoms with Crippen LogP contribution in [-0.4, -0.2) is 12.5 Å². The molecule has 2 N–H and O–H groups in total. The van der Waals surface area contributed by atoms with Gasteiger partial charge in [0.2, 0.25) is 6.41 Å². The summed E-state index contributed by atoms with van der Waals surface area (Å²) in [5, 5.41) is 5.25. The van der Waals surface area contributed by atoms with Gasteiger partial charge >= 0.3 is 6.09 Å². The normalized spacial score (nSPS) is 16.6. The van der Waals surface area contributed by atoms with Crippen molar-refractivity contribution in [2.75, 3.05) is 10.6 Å². The standard InChI is InChI=1S/C15H12N2O3/c18-9-16-11-5-3-4-10(8-11)14-12-6-1-2-7-13(12)17-15(19)20-14/h1-9,14H,(H,16,18)(H,17,19). The maximum absolute atomic E-state index is 11.6. The summed E-state index contributed by atoms with van der Waals surface area (Å²) in [6.07, 6.45) is -0.350. The second-order valence-electron chi connectivity index (χ2n) is 4.39. The van der Waals surface area contributed by atoms with Crippen molar-refractivity contribution in [1.29, 1.82) is 0 Å². The van der Waals surface area contributed by atoms with E-state index in [-0.39, 0.29) is 0 Å². The topological polar surface area (TPSA) is 67.4 Å². The molecule has 1 aliphatic rings. The summed E-state index contributed by atoms with van der Waals surface area (Å²) >= 11 is 0. The van der Waals surface area contributed by atoms with E-state index in [1.54, 1.807) is 18.2 Å². The van der Waals surface area contributed by atoms with Crippen molar-refractivity contribution in [2.24, 2.45) is 0 Å². The number of fused-ring (bicyclic) bond motifs is 1. The molecule has 0 bridgehead atoms. The van der Waals surface area contributed by atoms with Crippen LogP contribution in [0.3, 0.4) is 0 Å². The molecule has 1 unspecified atom stereocenters. The Bertz CT molecular complexity index is 670. The van der Waals surface area contributed by atoms with Gasteiger partial charge in [-0.2, -0.15) is 0 Å². The average Bonchev–Trinajstić information content (AvgIpc) is 2.47. The van der Waals surface area contributed by atoms with Gasteiger partial charge in [0.05, 0.1) is 5.69 Å². The number of ether oxygens (including phenoxy) is 1. The van der Waals surface area contributed by atoms with E-state index in [1.807, 2.05) is 30.3 Å². The minimum Gasteiger partial charge on any atom is -0.436 e. The number of carbonyl (C=O) groups excluding carboxylic acids is 2. The first-order valence-electron chi connectivity index (χ1n) is 6.14. The van der Waals surface area contributed by atoms with Gasteiger partial charge in [-0.1, -0.05) is 30.3 Å². The quantitative estimate of drug-likeness (QED) is 0.841. The van der Waals surface area contributed by atoms with Crippen LogP contribution in [0.4, 0.5) is 16.2 Å². The van der Waals surface area contributed by atoms with Crippen LogP contribution < -0.4 is 10.6 Å². The molecule has 2 amide bonds. The lowest BCUT2D eigenvalue weighted by Gasteiger charge is -2.26. The summed E-state index contributed by atoms with van der Waals surface area (Å²) in [7, 11) is 0. The molecule has 100 valence electrons. The molecule has 0 saturated heterocycles. The van der Waals surface area contributed by atoms with Crippen LogP contribution in [0.25, 0.3) is 0 Å². The summed E-state index contributed by atoms with van der Waals surface area (Å²) in [4.78, 5) is 22.1. The van der Waals surface area contributed by atoms with Crippen molar-refractivity contribution in [1.82, 2.24) is 0 Å². The largest absolute Gasteiger partial charge is 0.436 e. The molecular formula is C15H12N2O3. The van der Waals surface area contributed by atoms with Gasteiger partial charge in [-0.25, -0.2) is 4.79 Å². The molecule has 1 heterocycles. The number of anilines is 2. The summed E-state index contributed by atoms with van der Waals surface area (Å²) in [6.45, 7) is 0. The van der Waals surface area contributed by atoms with E-state index in [0.717, 1.165) is 16.8 Å². The third kappa shape index (κ3) is 2.21. The smallest absolute Gasteiger partial charge is 0.412 e. The second-order valence-corrected chi connectivity index (χ2v) is 4.39. The van der Waals surface area contributed by atoms with Gasteiger partial charge in [-0.3, -0.25) is 10.1 Å². The zero-order valence-electron chi connectivity index (χ0n) is 10.5. The molecule has 0 radical (unpaired) electrons. The molecule has 5 nitrogen and oxygen atoms in total. The van der Waals surface area contributed by atoms with E-state index >= 15 is 0 Å². The SMILES string of the molecule is O=CNc1cccc(C2OC(=O)Nc3ccccc32)c1. The first kappa shape index (κ1) is 12.2. The number of amides is 2. The number of para-hydroxylation sites is 1. The van der Waals surface area contributed by atoms with Crippen LogP contribution in [0.15, 0.2) is 48.5 Å². The fraction of sp³-hybridized carbons (Fsp3) is 0.0667. The zero-order chi connectivity index (χ0) is 13.9. The van der Waals surface area contributed by atoms with E-state index in [9.17, 15) is 9.59 Å². The van der Waals surface area contributed by atoms with Gasteiger partial charge < -0.3 is 10.1 Å². The fourth-order valence-electron chi connectivity index (χ4n) is 2.26. The maximum atomic E-state index is 11.6. The summed E-state index contributed by atoms with van der Waals surface area (Å²) in [6, 6.07) is 14.7. The van der Waals surface area contributed by atoms with Gasteiger partial charge in [0, 0.05) is 11.3 Å². The Balaban J connectivity index is 2.03. The van der Waals surface area contributed by atoms with Gasteiger partial charge in [-0.05, 0) is 23.8 Å². The van der Waals surface area contributed by atoms with Gasteiger partial charge in [-0.15, -0.1) is 0 Å². The predicted octanol–water partition coefficient (Wildman–Crippen LogP) is 2.91. The maximum Gasteiger partial charge on any atom is 0.412 e. The van der Waals surface area contributed by atoms with Crippen LogP contribution in [-0.2, 0) is 9.53 Å². The molecule has 3 rings (SSSR count). The molecule has 5 heteroatoms. The highest BCUT2D eigenvalue weighted by Crippen LogP contribution is 2.35. The third-order valence-electron chi connectivity index (χ3n) is 3.12. The van der Waals surface area contributed by atoms with Crippen molar-refractivity contribution in [3.63, 3.8) is 0 Å². The average molecular weight is 268 g/mol. The van der Waals surface area contributed by atoms with Crippen molar-refractivity contribution in [3.05, 3.63) is 59.7 Å². The van der Waals surface area contributed by atoms with E-state index in [0.29, 0.717) is 12.1 Å². The lowest BCUT2D eigenvalue weighted by atomic mass is 9.98. The molecule has 0 fully saturated rings. The Hall–Kier alpha value is -2.82. The Morgan fingerprint density at radius 1 is 1.15 bits per heavy atom. The number of nitrogens with one attached hydrogen (secondary N) is 2. The molecule has 0 aromatic heterocycles. The monoisotopic (exact) mass is 268 g/mol. The number of carbonyl (C=O) groups is 2. The highest BCUT2D eigenvalue weighted by molar-refractivity contribution is 5.88. The van der Waals surface area contributed by atoms with Crippen LogP contribution >= 0.6 is 0 Å². The highest BCUT2D eigenvalue weighted by atomic mass is 16.6. The molecule has 2 aromatic carbocycles. The highest BCUT2D eigenvalue weighted by Gasteiger charge is 2.27. The molecular weight excluding hydrogens is 256 g/mol. The predicted molar refractivity (Wildman–Crippen MR) is 74.5 cm³/mol. The van der Waals surface area contributed by atoms with Gasteiger partial charge in [0.15, 0.2) is 6.10 Å². The Kier molecular flexibility index (Phi) is 3.09. The first-order valence-corrected chi connectivity index (χ1v) is 6.14. The molecule has 1 atom stereocenters. The number of hydrogen-bond donors (Lipinski definition) is 2. The van der Waals surface area contributed by atoms with Crippen LogP contribution in [0.2, 0.25) is 0 Å². The fourth-order valence-corrected chi connectivity index (χ4v) is 2.26.